The number of ether oxygens (including phenoxy) is 1. The van der Waals surface area contributed by atoms with E-state index in [2.05, 4.69) is 9.39 Å². The Kier molecular flexibility index (Phi) is 6.95. The topological polar surface area (TPSA) is 97.5 Å². The molecule has 1 aromatic rings. The van der Waals surface area contributed by atoms with E-state index in [1.807, 2.05) is 13.8 Å². The molecule has 0 aliphatic carbocycles. The van der Waals surface area contributed by atoms with Gasteiger partial charge in [-0.15, -0.1) is 0 Å². The van der Waals surface area contributed by atoms with Gasteiger partial charge in [-0.2, -0.15) is 0 Å². The third kappa shape index (κ3) is 6.17. The van der Waals surface area contributed by atoms with Gasteiger partial charge in [-0.3, -0.25) is 0 Å². The van der Waals surface area contributed by atoms with Crippen molar-refractivity contribution >= 4 is 29.1 Å². The number of carboxylic acid groups (broad SMARTS) is 1. The van der Waals surface area contributed by atoms with Crippen LogP contribution in [-0.4, -0.2) is 62.7 Å². The largest absolute Gasteiger partial charge is 0.591 e. The van der Waals surface area contributed by atoms with Crippen LogP contribution in [0.25, 0.3) is 0 Å². The zero-order valence-electron chi connectivity index (χ0n) is 17.7. The van der Waals surface area contributed by atoms with Crippen molar-refractivity contribution < 1.29 is 23.6 Å². The summed E-state index contributed by atoms with van der Waals surface area (Å²) in [5, 5.41) is 9.13. The molecule has 0 spiro atoms. The van der Waals surface area contributed by atoms with Gasteiger partial charge < -0.3 is 19.3 Å². The molecule has 9 heteroatoms. The highest BCUT2D eigenvalue weighted by Crippen LogP contribution is 2.26. The molecule has 160 valence electrons. The van der Waals surface area contributed by atoms with Crippen molar-refractivity contribution in [3.63, 3.8) is 0 Å². The highest BCUT2D eigenvalue weighted by atomic mass is 32.2. The van der Waals surface area contributed by atoms with E-state index in [1.165, 1.54) is 19.2 Å². The Hall–Kier alpha value is -2.13. The van der Waals surface area contributed by atoms with E-state index in [1.54, 1.807) is 26.8 Å². The van der Waals surface area contributed by atoms with Crippen LogP contribution in [0, 0.1) is 5.82 Å². The predicted molar refractivity (Wildman–Crippen MR) is 113 cm³/mol. The SMILES string of the molecule is CN(CCC(=N[S+]([O-])C(C)(C)C)c1cc(F)ccc1C1=NC(C)(C)CO1)C(=O)O. The predicted octanol–water partition coefficient (Wildman–Crippen LogP) is 3.63. The van der Waals surface area contributed by atoms with Crippen molar-refractivity contribution in [1.29, 1.82) is 0 Å². The Labute approximate surface area is 174 Å². The molecule has 7 nitrogen and oxygen atoms in total. The van der Waals surface area contributed by atoms with Gasteiger partial charge in [0.1, 0.15) is 34.2 Å². The number of aliphatic imine (C=N–C) groups is 1. The van der Waals surface area contributed by atoms with Crippen LogP contribution in [0.1, 0.15) is 52.2 Å². The summed E-state index contributed by atoms with van der Waals surface area (Å²) in [5.74, 6) is -0.117. The molecule has 1 amide bonds. The first-order valence-electron chi connectivity index (χ1n) is 9.27. The summed E-state index contributed by atoms with van der Waals surface area (Å²) in [6.45, 7) is 9.71. The summed E-state index contributed by atoms with van der Waals surface area (Å²) in [6.07, 6.45) is -0.927. The number of hydrogen-bond acceptors (Lipinski definition) is 5. The second-order valence-corrected chi connectivity index (χ2v) is 10.5. The van der Waals surface area contributed by atoms with Crippen molar-refractivity contribution in [2.75, 3.05) is 20.2 Å². The number of amides is 1. The monoisotopic (exact) mass is 425 g/mol. The zero-order chi connectivity index (χ0) is 22.0. The number of rotatable bonds is 6. The first kappa shape index (κ1) is 23.2. The molecule has 1 aliphatic heterocycles. The quantitative estimate of drug-likeness (QED) is 0.556. The molecule has 2 rings (SSSR count). The summed E-state index contributed by atoms with van der Waals surface area (Å²) in [7, 11) is 1.43. The lowest BCUT2D eigenvalue weighted by molar-refractivity contribution is 0.157. The Bertz CT molecular complexity index is 834. The van der Waals surface area contributed by atoms with E-state index < -0.39 is 33.6 Å². The van der Waals surface area contributed by atoms with Crippen molar-refractivity contribution in [3.8, 4) is 0 Å². The van der Waals surface area contributed by atoms with Crippen molar-refractivity contribution in [1.82, 2.24) is 4.90 Å². The van der Waals surface area contributed by atoms with Crippen LogP contribution in [0.15, 0.2) is 27.6 Å². The fourth-order valence-electron chi connectivity index (χ4n) is 2.50. The minimum Gasteiger partial charge on any atom is -0.591 e. The van der Waals surface area contributed by atoms with Crippen LogP contribution in [0.5, 0.6) is 0 Å². The summed E-state index contributed by atoms with van der Waals surface area (Å²) < 4.78 is 36.3. The van der Waals surface area contributed by atoms with Crippen LogP contribution in [0.3, 0.4) is 0 Å². The summed E-state index contributed by atoms with van der Waals surface area (Å²) in [6, 6.07) is 4.16. The Morgan fingerprint density at radius 2 is 2.10 bits per heavy atom. The molecular formula is C20H28FN3O4S. The van der Waals surface area contributed by atoms with E-state index >= 15 is 0 Å². The fourth-order valence-corrected chi connectivity index (χ4v) is 3.16. The molecule has 0 bridgehead atoms. The van der Waals surface area contributed by atoms with Gasteiger partial charge in [0.25, 0.3) is 0 Å². The van der Waals surface area contributed by atoms with Gasteiger partial charge in [-0.25, -0.2) is 14.2 Å². The van der Waals surface area contributed by atoms with Gasteiger partial charge in [0.15, 0.2) is 0 Å². The third-order valence-electron chi connectivity index (χ3n) is 4.22. The molecule has 1 heterocycles. The van der Waals surface area contributed by atoms with E-state index in [9.17, 15) is 13.7 Å². The zero-order valence-corrected chi connectivity index (χ0v) is 18.5. The normalized spacial score (nSPS) is 17.5. The molecular weight excluding hydrogens is 397 g/mol. The number of carbonyl (C=O) groups is 1. The maximum atomic E-state index is 14.1. The van der Waals surface area contributed by atoms with Crippen molar-refractivity contribution in [2.45, 2.75) is 51.3 Å². The van der Waals surface area contributed by atoms with Crippen molar-refractivity contribution in [3.05, 3.63) is 35.1 Å². The molecule has 1 atom stereocenters. The average molecular weight is 426 g/mol. The van der Waals surface area contributed by atoms with E-state index in [0.717, 1.165) is 4.90 Å². The van der Waals surface area contributed by atoms with E-state index in [4.69, 9.17) is 9.84 Å². The lowest BCUT2D eigenvalue weighted by atomic mass is 10.00. The van der Waals surface area contributed by atoms with E-state index in [0.29, 0.717) is 29.3 Å². The van der Waals surface area contributed by atoms with Gasteiger partial charge in [0.2, 0.25) is 5.90 Å². The van der Waals surface area contributed by atoms with Crippen LogP contribution < -0.4 is 0 Å². The molecule has 29 heavy (non-hydrogen) atoms. The second-order valence-electron chi connectivity index (χ2n) is 8.56. The first-order chi connectivity index (χ1) is 13.3. The number of nitrogens with zero attached hydrogens (tertiary/aromatic N) is 3. The molecule has 0 saturated heterocycles. The van der Waals surface area contributed by atoms with Gasteiger partial charge in [-0.05, 0) is 52.8 Å². The number of halogens is 1. The van der Waals surface area contributed by atoms with E-state index in [-0.39, 0.29) is 13.0 Å². The lowest BCUT2D eigenvalue weighted by Crippen LogP contribution is -2.30. The first-order valence-corrected chi connectivity index (χ1v) is 10.4. The van der Waals surface area contributed by atoms with Gasteiger partial charge in [-0.1, -0.05) is 4.40 Å². The van der Waals surface area contributed by atoms with Gasteiger partial charge in [0.05, 0.1) is 5.54 Å². The summed E-state index contributed by atoms with van der Waals surface area (Å²) in [5.41, 5.74) is 0.880. The highest BCUT2D eigenvalue weighted by Gasteiger charge is 2.31. The minimum absolute atomic E-state index is 0.115. The Morgan fingerprint density at radius 3 is 2.62 bits per heavy atom. The smallest absolute Gasteiger partial charge is 0.407 e. The molecule has 1 aromatic carbocycles. The fraction of sp³-hybridized carbons (Fsp3) is 0.550. The Balaban J connectivity index is 2.53. The molecule has 0 saturated carbocycles. The molecule has 1 aliphatic rings. The molecule has 0 aromatic heterocycles. The molecule has 0 fully saturated rings. The lowest BCUT2D eigenvalue weighted by Gasteiger charge is -2.21. The summed E-state index contributed by atoms with van der Waals surface area (Å²) >= 11 is -1.61. The second kappa shape index (κ2) is 8.71. The van der Waals surface area contributed by atoms with Gasteiger partial charge >= 0.3 is 6.09 Å². The van der Waals surface area contributed by atoms with Crippen molar-refractivity contribution in [2.24, 2.45) is 9.39 Å². The summed E-state index contributed by atoms with van der Waals surface area (Å²) in [4.78, 5) is 16.8. The molecule has 0 radical (unpaired) electrons. The standard InChI is InChI=1S/C20H28FN3O4S/c1-19(2,3)29(27)23-16(9-10-24(6)18(25)26)15-11-13(21)7-8-14(15)17-22-20(4,5)12-28-17/h7-8,11H,9-10,12H2,1-6H3,(H,25,26). The molecule has 1 N–H and O–H groups in total. The van der Waals surface area contributed by atoms with Crippen LogP contribution >= 0.6 is 0 Å². The number of benzene rings is 1. The third-order valence-corrected chi connectivity index (χ3v) is 5.65. The Morgan fingerprint density at radius 1 is 1.45 bits per heavy atom. The van der Waals surface area contributed by atoms with Crippen LogP contribution in [0.4, 0.5) is 9.18 Å². The average Bonchev–Trinajstić information content (AvgIpc) is 2.96. The van der Waals surface area contributed by atoms with Crippen LogP contribution in [-0.2, 0) is 16.1 Å². The minimum atomic E-state index is -1.61. The maximum Gasteiger partial charge on any atom is 0.407 e. The molecule has 1 unspecified atom stereocenters. The highest BCUT2D eigenvalue weighted by molar-refractivity contribution is 7.91. The van der Waals surface area contributed by atoms with Gasteiger partial charge in [0, 0.05) is 31.1 Å². The van der Waals surface area contributed by atoms with Crippen LogP contribution in [0.2, 0.25) is 0 Å². The number of hydrogen-bond donors (Lipinski definition) is 1. The maximum absolute atomic E-state index is 14.1.